The molecule has 0 aromatic rings. The van der Waals surface area contributed by atoms with E-state index in [1.54, 1.807) is 5.01 Å². The van der Waals surface area contributed by atoms with Crippen molar-refractivity contribution in [1.29, 1.82) is 0 Å². The van der Waals surface area contributed by atoms with Gasteiger partial charge in [-0.3, -0.25) is 10.2 Å². The summed E-state index contributed by atoms with van der Waals surface area (Å²) < 4.78 is 0. The lowest BCUT2D eigenvalue weighted by Crippen LogP contribution is -2.50. The van der Waals surface area contributed by atoms with Gasteiger partial charge in [-0.2, -0.15) is 0 Å². The average Bonchev–Trinajstić information content (AvgIpc) is 2.39. The third-order valence-corrected chi connectivity index (χ3v) is 2.78. The fourth-order valence-electron chi connectivity index (χ4n) is 2.17. The maximum absolute atomic E-state index is 11.5. The lowest BCUT2D eigenvalue weighted by atomic mass is 9.73. The Morgan fingerprint density at radius 3 is 2.75 bits per heavy atom. The first-order valence-corrected chi connectivity index (χ1v) is 4.39. The maximum atomic E-state index is 11.5. The average molecular weight is 169 g/mol. The Kier molecular flexibility index (Phi) is 1.81. The highest BCUT2D eigenvalue weighted by molar-refractivity contribution is 5.80. The zero-order valence-electron chi connectivity index (χ0n) is 7.50. The van der Waals surface area contributed by atoms with E-state index in [0.717, 1.165) is 6.54 Å². The Hall–Kier alpha value is -0.610. The van der Waals surface area contributed by atoms with Gasteiger partial charge in [-0.25, -0.2) is 5.01 Å². The summed E-state index contributed by atoms with van der Waals surface area (Å²) in [7, 11) is 3.68. The van der Waals surface area contributed by atoms with Crippen molar-refractivity contribution in [3.8, 4) is 0 Å². The molecule has 3 aliphatic rings. The van der Waals surface area contributed by atoms with Crippen molar-refractivity contribution in [1.82, 2.24) is 15.8 Å². The SMILES string of the molecule is CN(C)NC(=O)C1C2CNC1C2. The summed E-state index contributed by atoms with van der Waals surface area (Å²) in [5.41, 5.74) is 2.80. The van der Waals surface area contributed by atoms with Gasteiger partial charge in [-0.15, -0.1) is 0 Å². The number of carbonyl (C=O) groups is 1. The minimum atomic E-state index is 0.172. The lowest BCUT2D eigenvalue weighted by molar-refractivity contribution is -0.133. The van der Waals surface area contributed by atoms with Crippen LogP contribution in [0.2, 0.25) is 0 Å². The Bertz CT molecular complexity index is 190. The summed E-state index contributed by atoms with van der Waals surface area (Å²) >= 11 is 0. The highest BCUT2D eigenvalue weighted by Gasteiger charge is 2.50. The molecule has 4 nitrogen and oxygen atoms in total. The van der Waals surface area contributed by atoms with Crippen LogP contribution < -0.4 is 10.7 Å². The Labute approximate surface area is 72.3 Å². The van der Waals surface area contributed by atoms with Crippen LogP contribution in [0.15, 0.2) is 0 Å². The largest absolute Gasteiger partial charge is 0.313 e. The summed E-state index contributed by atoms with van der Waals surface area (Å²) in [5.74, 6) is 0.994. The second-order valence-corrected chi connectivity index (χ2v) is 3.91. The third kappa shape index (κ3) is 1.11. The molecule has 3 fully saturated rings. The molecule has 3 atom stereocenters. The van der Waals surface area contributed by atoms with Gasteiger partial charge in [0, 0.05) is 20.1 Å². The molecule has 2 bridgehead atoms. The summed E-state index contributed by atoms with van der Waals surface area (Å²) in [6.07, 6.45) is 1.19. The van der Waals surface area contributed by atoms with E-state index in [9.17, 15) is 4.79 Å². The molecular weight excluding hydrogens is 154 g/mol. The molecule has 0 spiro atoms. The highest BCUT2D eigenvalue weighted by atomic mass is 16.2. The van der Waals surface area contributed by atoms with Gasteiger partial charge in [0.1, 0.15) is 0 Å². The molecule has 3 rings (SSSR count). The van der Waals surface area contributed by atoms with Gasteiger partial charge in [-0.05, 0) is 18.9 Å². The van der Waals surface area contributed by atoms with Gasteiger partial charge < -0.3 is 5.32 Å². The van der Waals surface area contributed by atoms with Crippen LogP contribution in [0, 0.1) is 11.8 Å². The molecule has 1 saturated carbocycles. The van der Waals surface area contributed by atoms with Gasteiger partial charge in [0.05, 0.1) is 5.92 Å². The van der Waals surface area contributed by atoms with Crippen LogP contribution in [-0.4, -0.2) is 37.6 Å². The molecule has 2 heterocycles. The first-order valence-electron chi connectivity index (χ1n) is 4.39. The third-order valence-electron chi connectivity index (χ3n) is 2.78. The summed E-state index contributed by atoms with van der Waals surface area (Å²) in [6.45, 7) is 1.02. The van der Waals surface area contributed by atoms with Crippen molar-refractivity contribution in [3.63, 3.8) is 0 Å². The van der Waals surface area contributed by atoms with Gasteiger partial charge in [0.15, 0.2) is 0 Å². The van der Waals surface area contributed by atoms with E-state index in [0.29, 0.717) is 12.0 Å². The van der Waals surface area contributed by atoms with E-state index >= 15 is 0 Å². The Morgan fingerprint density at radius 1 is 1.58 bits per heavy atom. The van der Waals surface area contributed by atoms with Gasteiger partial charge in [0.2, 0.25) is 5.91 Å². The van der Waals surface area contributed by atoms with Gasteiger partial charge in [-0.1, -0.05) is 0 Å². The Morgan fingerprint density at radius 2 is 2.33 bits per heavy atom. The molecule has 0 radical (unpaired) electrons. The second kappa shape index (κ2) is 2.71. The van der Waals surface area contributed by atoms with E-state index in [-0.39, 0.29) is 11.8 Å². The lowest BCUT2D eigenvalue weighted by Gasteiger charge is -2.33. The second-order valence-electron chi connectivity index (χ2n) is 3.91. The normalized spacial score (nSPS) is 38.1. The first-order chi connectivity index (χ1) is 5.68. The molecule has 1 amide bonds. The van der Waals surface area contributed by atoms with Crippen LogP contribution in [0.1, 0.15) is 6.42 Å². The van der Waals surface area contributed by atoms with Crippen molar-refractivity contribution in [2.24, 2.45) is 11.8 Å². The summed E-state index contributed by atoms with van der Waals surface area (Å²) in [4.78, 5) is 11.5. The number of amides is 1. The predicted octanol–water partition coefficient (Wildman–Crippen LogP) is -0.813. The molecule has 0 aromatic carbocycles. The predicted molar refractivity (Wildman–Crippen MR) is 45.2 cm³/mol. The van der Waals surface area contributed by atoms with Crippen LogP contribution in [0.4, 0.5) is 0 Å². The number of fused-ring (bicyclic) bond motifs is 1. The van der Waals surface area contributed by atoms with Crippen LogP contribution in [0.3, 0.4) is 0 Å². The summed E-state index contributed by atoms with van der Waals surface area (Å²) in [5, 5.41) is 5.03. The molecule has 68 valence electrons. The van der Waals surface area contributed by atoms with E-state index in [2.05, 4.69) is 10.7 Å². The van der Waals surface area contributed by atoms with Crippen molar-refractivity contribution < 1.29 is 4.79 Å². The number of nitrogens with zero attached hydrogens (tertiary/aromatic N) is 1. The van der Waals surface area contributed by atoms with Crippen LogP contribution in [-0.2, 0) is 4.79 Å². The molecule has 1 aliphatic carbocycles. The zero-order valence-corrected chi connectivity index (χ0v) is 7.50. The fourth-order valence-corrected chi connectivity index (χ4v) is 2.17. The number of hydrogen-bond acceptors (Lipinski definition) is 3. The maximum Gasteiger partial charge on any atom is 0.239 e. The smallest absolute Gasteiger partial charge is 0.239 e. The van der Waals surface area contributed by atoms with E-state index in [1.807, 2.05) is 14.1 Å². The number of rotatable bonds is 2. The minimum absolute atomic E-state index is 0.172. The van der Waals surface area contributed by atoms with Crippen molar-refractivity contribution in [2.45, 2.75) is 12.5 Å². The quantitative estimate of drug-likeness (QED) is 0.531. The molecule has 12 heavy (non-hydrogen) atoms. The number of hydrogen-bond donors (Lipinski definition) is 2. The van der Waals surface area contributed by atoms with Crippen molar-refractivity contribution in [2.75, 3.05) is 20.6 Å². The molecular formula is C8H15N3O. The molecule has 0 aromatic heterocycles. The number of nitrogens with one attached hydrogen (secondary N) is 2. The molecule has 2 N–H and O–H groups in total. The number of carbonyl (C=O) groups excluding carboxylic acids is 1. The van der Waals surface area contributed by atoms with E-state index in [4.69, 9.17) is 0 Å². The van der Waals surface area contributed by atoms with Crippen LogP contribution in [0.5, 0.6) is 0 Å². The number of hydrazine groups is 1. The fraction of sp³-hybridized carbons (Fsp3) is 0.875. The van der Waals surface area contributed by atoms with Crippen molar-refractivity contribution >= 4 is 5.91 Å². The molecule has 4 heteroatoms. The minimum Gasteiger partial charge on any atom is -0.313 e. The molecule has 2 aliphatic heterocycles. The van der Waals surface area contributed by atoms with Gasteiger partial charge >= 0.3 is 0 Å². The molecule has 3 unspecified atom stereocenters. The topological polar surface area (TPSA) is 44.4 Å². The molecule has 2 saturated heterocycles. The van der Waals surface area contributed by atoms with Crippen molar-refractivity contribution in [3.05, 3.63) is 0 Å². The van der Waals surface area contributed by atoms with Crippen LogP contribution in [0.25, 0.3) is 0 Å². The van der Waals surface area contributed by atoms with E-state index < -0.39 is 0 Å². The van der Waals surface area contributed by atoms with E-state index in [1.165, 1.54) is 6.42 Å². The standard InChI is InChI=1S/C8H15N3O/c1-11(2)10-8(12)7-5-3-6(7)9-4-5/h5-7,9H,3-4H2,1-2H3,(H,10,12). The van der Waals surface area contributed by atoms with Gasteiger partial charge in [0.25, 0.3) is 0 Å². The highest BCUT2D eigenvalue weighted by Crippen LogP contribution is 2.39. The first kappa shape index (κ1) is 8.01. The summed E-state index contributed by atoms with van der Waals surface area (Å²) in [6, 6.07) is 0.454. The zero-order chi connectivity index (χ0) is 8.72. The Balaban J connectivity index is 1.89. The monoisotopic (exact) mass is 169 g/mol. The van der Waals surface area contributed by atoms with Crippen LogP contribution >= 0.6 is 0 Å².